The summed E-state index contributed by atoms with van der Waals surface area (Å²) in [5, 5.41) is 2.82. The van der Waals surface area contributed by atoms with Crippen LogP contribution in [0.1, 0.15) is 102 Å². The second kappa shape index (κ2) is 20.3. The van der Waals surface area contributed by atoms with Gasteiger partial charge in [-0.3, -0.25) is 14.9 Å². The van der Waals surface area contributed by atoms with Crippen LogP contribution in [0.2, 0.25) is 36.3 Å². The van der Waals surface area contributed by atoms with Gasteiger partial charge in [0.05, 0.1) is 69.5 Å². The van der Waals surface area contributed by atoms with Crippen LogP contribution >= 0.6 is 0 Å². The molecule has 0 saturated carbocycles. The molecule has 3 N–H and O–H groups in total. The summed E-state index contributed by atoms with van der Waals surface area (Å²) in [5.41, 5.74) is 8.60. The maximum atomic E-state index is 14.4. The van der Waals surface area contributed by atoms with Crippen LogP contribution in [-0.4, -0.2) is 116 Å². The largest absolute Gasteiger partial charge is 0.493 e. The van der Waals surface area contributed by atoms with Crippen molar-refractivity contribution in [1.82, 2.24) is 9.80 Å². The maximum Gasteiger partial charge on any atom is 0.412 e. The quantitative estimate of drug-likeness (QED) is 0.0673. The summed E-state index contributed by atoms with van der Waals surface area (Å²) in [4.78, 5) is 45.1. The molecule has 2 aliphatic rings. The molecule has 2 atom stereocenters. The van der Waals surface area contributed by atoms with Crippen molar-refractivity contribution in [3.05, 3.63) is 59.7 Å². The van der Waals surface area contributed by atoms with E-state index in [9.17, 15) is 14.4 Å². The fraction of sp³-hybridized carbons (Fsp3) is 0.604. The second-order valence-corrected chi connectivity index (χ2v) is 30.7. The van der Waals surface area contributed by atoms with E-state index in [-0.39, 0.29) is 64.1 Å². The van der Waals surface area contributed by atoms with Crippen molar-refractivity contribution < 1.29 is 46.9 Å². The number of benzene rings is 2. The molecule has 16 heteroatoms. The van der Waals surface area contributed by atoms with Gasteiger partial charge in [0.2, 0.25) is 0 Å². The zero-order valence-electron chi connectivity index (χ0n) is 41.3. The Balaban J connectivity index is 1.48. The number of likely N-dealkylation sites (tertiary alicyclic amines) is 2. The molecule has 14 nitrogen and oxygen atoms in total. The van der Waals surface area contributed by atoms with Gasteiger partial charge in [-0.25, -0.2) is 4.79 Å². The number of nitrogens with two attached hydrogens (primary N) is 1. The minimum Gasteiger partial charge on any atom is -0.493 e. The third kappa shape index (κ3) is 13.1. The maximum absolute atomic E-state index is 14.4. The number of methoxy groups -OCH3 is 2. The highest BCUT2D eigenvalue weighted by atomic mass is 28.4. The lowest BCUT2D eigenvalue weighted by atomic mass is 10.1. The number of anilines is 2. The first-order chi connectivity index (χ1) is 29.5. The summed E-state index contributed by atoms with van der Waals surface area (Å²) in [7, 11) is -1.15. The van der Waals surface area contributed by atoms with Crippen molar-refractivity contribution >= 4 is 45.9 Å². The van der Waals surface area contributed by atoms with Crippen LogP contribution in [0, 0.1) is 0 Å². The Hall–Kier alpha value is -4.52. The SMILES string of the molecule is C=C1C[C@@H](CO[Si](C)(C)C(C)(C)C)N(C(=O)c2cc(OC)c(OCCCOc3cc(NC(=O)OC(C)(C)C)c(C(=O)N4CC(=C)C[C@H]4CO[Si](C)(C)C(C)(C)C)cc3OC)cc2N)C1. The monoisotopic (exact) mass is 925 g/mol. The summed E-state index contributed by atoms with van der Waals surface area (Å²) in [6.07, 6.45) is 0.968. The fourth-order valence-corrected chi connectivity index (χ4v) is 8.95. The van der Waals surface area contributed by atoms with E-state index in [1.54, 1.807) is 54.8 Å². The van der Waals surface area contributed by atoms with Crippen LogP contribution < -0.4 is 30.0 Å². The van der Waals surface area contributed by atoms with Crippen LogP contribution in [0.3, 0.4) is 0 Å². The van der Waals surface area contributed by atoms with E-state index in [1.807, 2.05) is 0 Å². The molecule has 0 aromatic heterocycles. The van der Waals surface area contributed by atoms with Gasteiger partial charge in [-0.15, -0.1) is 0 Å². The lowest BCUT2D eigenvalue weighted by Crippen LogP contribution is -2.46. The molecule has 0 radical (unpaired) electrons. The number of nitrogens with one attached hydrogen (secondary N) is 1. The van der Waals surface area contributed by atoms with Crippen molar-refractivity contribution in [3.8, 4) is 23.0 Å². The van der Waals surface area contributed by atoms with E-state index >= 15 is 0 Å². The van der Waals surface area contributed by atoms with Gasteiger partial charge >= 0.3 is 6.09 Å². The van der Waals surface area contributed by atoms with Crippen LogP contribution in [-0.2, 0) is 13.6 Å². The number of carbonyl (C=O) groups excluding carboxylic acids is 3. The lowest BCUT2D eigenvalue weighted by molar-refractivity contribution is 0.0634. The van der Waals surface area contributed by atoms with Gasteiger partial charge < -0.3 is 48.1 Å². The molecule has 2 aromatic carbocycles. The average molecular weight is 925 g/mol. The molecule has 2 aromatic rings. The van der Waals surface area contributed by atoms with Crippen LogP contribution in [0.5, 0.6) is 23.0 Å². The third-order valence-electron chi connectivity index (χ3n) is 12.7. The summed E-state index contributed by atoms with van der Waals surface area (Å²) in [6.45, 7) is 37.5. The summed E-state index contributed by atoms with van der Waals surface area (Å²) in [5.74, 6) is 0.811. The van der Waals surface area contributed by atoms with Gasteiger partial charge in [-0.2, -0.15) is 0 Å². The van der Waals surface area contributed by atoms with Gasteiger partial charge in [0, 0.05) is 37.3 Å². The average Bonchev–Trinajstić information content (AvgIpc) is 3.75. The number of nitrogen functional groups attached to an aromatic ring is 1. The summed E-state index contributed by atoms with van der Waals surface area (Å²) in [6, 6.07) is 5.99. The Morgan fingerprint density at radius 3 is 1.53 bits per heavy atom. The topological polar surface area (TPSA) is 160 Å². The van der Waals surface area contributed by atoms with E-state index in [0.717, 1.165) is 11.1 Å². The Labute approximate surface area is 384 Å². The smallest absolute Gasteiger partial charge is 0.412 e. The van der Waals surface area contributed by atoms with E-state index in [0.29, 0.717) is 74.1 Å². The zero-order chi connectivity index (χ0) is 48.2. The molecular formula is C48H76N4O10Si2. The van der Waals surface area contributed by atoms with Crippen molar-refractivity contribution in [2.75, 3.05) is 64.8 Å². The Bertz CT molecular complexity index is 2050. The molecule has 2 aliphatic heterocycles. The minimum absolute atomic E-state index is 0.00120. The third-order valence-corrected chi connectivity index (χ3v) is 21.7. The zero-order valence-corrected chi connectivity index (χ0v) is 43.3. The molecule has 2 saturated heterocycles. The van der Waals surface area contributed by atoms with E-state index in [2.05, 4.69) is 86.2 Å². The summed E-state index contributed by atoms with van der Waals surface area (Å²) >= 11 is 0. The highest BCUT2D eigenvalue weighted by Crippen LogP contribution is 2.41. The molecule has 2 heterocycles. The van der Waals surface area contributed by atoms with E-state index < -0.39 is 28.3 Å². The number of rotatable bonds is 17. The second-order valence-electron chi connectivity index (χ2n) is 21.0. The summed E-state index contributed by atoms with van der Waals surface area (Å²) < 4.78 is 42.3. The lowest BCUT2D eigenvalue weighted by Gasteiger charge is -2.38. The normalized spacial score (nSPS) is 17.4. The van der Waals surface area contributed by atoms with Crippen molar-refractivity contribution in [3.63, 3.8) is 0 Å². The molecule has 0 bridgehead atoms. The van der Waals surface area contributed by atoms with Crippen LogP contribution in [0.4, 0.5) is 16.2 Å². The van der Waals surface area contributed by atoms with Crippen molar-refractivity contribution in [2.24, 2.45) is 0 Å². The fourth-order valence-electron chi connectivity index (χ4n) is 6.86. The van der Waals surface area contributed by atoms with Gasteiger partial charge in [-0.05, 0) is 82.0 Å². The van der Waals surface area contributed by atoms with Gasteiger partial charge in [0.1, 0.15) is 5.60 Å². The van der Waals surface area contributed by atoms with Crippen molar-refractivity contribution in [1.29, 1.82) is 0 Å². The number of amides is 3. The first-order valence-corrected chi connectivity index (χ1v) is 28.0. The molecule has 3 amide bonds. The van der Waals surface area contributed by atoms with Crippen LogP contribution in [0.25, 0.3) is 0 Å². The molecule has 0 unspecified atom stereocenters. The molecule has 64 heavy (non-hydrogen) atoms. The van der Waals surface area contributed by atoms with Crippen molar-refractivity contribution in [2.45, 2.75) is 136 Å². The van der Waals surface area contributed by atoms with Gasteiger partial charge in [-0.1, -0.05) is 65.8 Å². The first kappa shape index (κ1) is 52.1. The van der Waals surface area contributed by atoms with E-state index in [4.69, 9.17) is 38.3 Å². The van der Waals surface area contributed by atoms with Gasteiger partial charge in [0.15, 0.2) is 39.6 Å². The number of nitrogens with zero attached hydrogens (tertiary/aromatic N) is 2. The molecular weight excluding hydrogens is 849 g/mol. The highest BCUT2D eigenvalue weighted by Gasteiger charge is 2.42. The van der Waals surface area contributed by atoms with Gasteiger partial charge in [0.25, 0.3) is 11.8 Å². The number of hydrogen-bond donors (Lipinski definition) is 2. The first-order valence-electron chi connectivity index (χ1n) is 22.2. The minimum atomic E-state index is -2.11. The number of ether oxygens (including phenoxy) is 5. The molecule has 0 aliphatic carbocycles. The Morgan fingerprint density at radius 2 is 1.11 bits per heavy atom. The molecule has 0 spiro atoms. The standard InChI is InChI=1S/C48H76N4O10Si2/c1-31-21-33(29-60-63(14,15)47(6,7)8)51(27-31)43(53)35-23-39(56-12)41(25-37(35)49)58-19-18-20-59-42-26-38(50-45(55)62-46(3,4)5)36(24-40(42)57-13)44(54)52-28-32(2)22-34(52)30-61-64(16,17)48(9,10)11/h23-26,33-34H,1-2,18-22,27-30,49H2,3-17H3,(H,50,55)/t33-,34-/m0/s1. The molecule has 2 fully saturated rings. The Morgan fingerprint density at radius 1 is 0.688 bits per heavy atom. The molecule has 4 rings (SSSR count). The molecule has 356 valence electrons. The number of hydrogen-bond acceptors (Lipinski definition) is 11. The highest BCUT2D eigenvalue weighted by molar-refractivity contribution is 6.74. The van der Waals surface area contributed by atoms with Crippen LogP contribution in [0.15, 0.2) is 48.6 Å². The van der Waals surface area contributed by atoms with E-state index in [1.165, 1.54) is 14.2 Å². The predicted molar refractivity (Wildman–Crippen MR) is 259 cm³/mol. The predicted octanol–water partition coefficient (Wildman–Crippen LogP) is 10.1. The number of carbonyl (C=O) groups is 3. The Kier molecular flexibility index (Phi) is 16.6.